The van der Waals surface area contributed by atoms with Gasteiger partial charge in [0.25, 0.3) is 0 Å². The molecule has 0 aliphatic rings. The fourth-order valence-corrected chi connectivity index (χ4v) is 3.03. The second-order valence-electron chi connectivity index (χ2n) is 6.42. The first-order valence-electron chi connectivity index (χ1n) is 9.27. The highest BCUT2D eigenvalue weighted by Gasteiger charge is 2.26. The van der Waals surface area contributed by atoms with Crippen LogP contribution in [0.1, 0.15) is 34.5 Å². The third-order valence-corrected chi connectivity index (χ3v) is 4.64. The van der Waals surface area contributed by atoms with Crippen molar-refractivity contribution in [2.24, 2.45) is 0 Å². The minimum atomic E-state index is -0.719. The van der Waals surface area contributed by atoms with Gasteiger partial charge in [0.2, 0.25) is 5.88 Å². The van der Waals surface area contributed by atoms with Crippen molar-refractivity contribution >= 4 is 5.78 Å². The molecule has 30 heavy (non-hydrogen) atoms. The predicted octanol–water partition coefficient (Wildman–Crippen LogP) is 4.83. The number of allylic oxidation sites excluding steroid dienone is 2. The molecule has 0 aliphatic carbocycles. The summed E-state index contributed by atoms with van der Waals surface area (Å²) in [5, 5.41) is 12.4. The molecule has 0 radical (unpaired) electrons. The van der Waals surface area contributed by atoms with Crippen LogP contribution in [0.3, 0.4) is 0 Å². The third kappa shape index (κ3) is 4.31. The smallest absolute Gasteiger partial charge is 0.212 e. The van der Waals surface area contributed by atoms with Crippen molar-refractivity contribution in [2.75, 3.05) is 7.11 Å². The van der Waals surface area contributed by atoms with Crippen LogP contribution < -0.4 is 10.1 Å². The largest absolute Gasteiger partial charge is 0.481 e. The van der Waals surface area contributed by atoms with E-state index in [4.69, 9.17) is 9.15 Å². The highest BCUT2D eigenvalue weighted by atomic mass is 16.5. The molecule has 2 heterocycles. The lowest BCUT2D eigenvalue weighted by Crippen LogP contribution is -2.28. The van der Waals surface area contributed by atoms with Gasteiger partial charge in [0.1, 0.15) is 12.3 Å². The third-order valence-electron chi connectivity index (χ3n) is 4.64. The number of pyridine rings is 1. The quantitative estimate of drug-likeness (QED) is 0.431. The Morgan fingerprint density at radius 3 is 2.80 bits per heavy atom. The number of rotatable bonds is 8. The molecule has 1 atom stereocenters. The van der Waals surface area contributed by atoms with Crippen LogP contribution in [0.4, 0.5) is 0 Å². The summed E-state index contributed by atoms with van der Waals surface area (Å²) >= 11 is 0. The molecule has 3 rings (SSSR count). The van der Waals surface area contributed by atoms with Crippen molar-refractivity contribution in [1.29, 1.82) is 5.26 Å². The second kappa shape index (κ2) is 9.39. The molecule has 0 spiro atoms. The molecule has 1 aromatic carbocycles. The zero-order valence-corrected chi connectivity index (χ0v) is 16.8. The number of benzene rings is 1. The number of hydrogen-bond acceptors (Lipinski definition) is 6. The lowest BCUT2D eigenvalue weighted by Gasteiger charge is -2.20. The Labute approximate surface area is 175 Å². The summed E-state index contributed by atoms with van der Waals surface area (Å²) in [6.07, 6.45) is 8.00. The summed E-state index contributed by atoms with van der Waals surface area (Å²) in [6, 6.07) is 11.9. The normalized spacial score (nSPS) is 12.0. The topological polar surface area (TPSA) is 88.2 Å². The molecule has 0 saturated carbocycles. The number of ketones is 1. The van der Waals surface area contributed by atoms with Gasteiger partial charge in [-0.15, -0.1) is 0 Å². The van der Waals surface area contributed by atoms with Gasteiger partial charge in [-0.2, -0.15) is 5.26 Å². The Balaban J connectivity index is 2.04. The van der Waals surface area contributed by atoms with Crippen LogP contribution in [0.25, 0.3) is 11.1 Å². The number of hydrogen-bond donors (Lipinski definition) is 1. The lowest BCUT2D eigenvalue weighted by atomic mass is 9.94. The lowest BCUT2D eigenvalue weighted by molar-refractivity contribution is 0.0948. The zero-order valence-electron chi connectivity index (χ0n) is 16.8. The highest BCUT2D eigenvalue weighted by Crippen LogP contribution is 2.30. The summed E-state index contributed by atoms with van der Waals surface area (Å²) in [7, 11) is 1.53. The maximum Gasteiger partial charge on any atom is 0.212 e. The van der Waals surface area contributed by atoms with Crippen LogP contribution in [-0.2, 0) is 0 Å². The molecule has 1 N–H and O–H groups in total. The van der Waals surface area contributed by atoms with Crippen LogP contribution in [0.5, 0.6) is 5.88 Å². The molecule has 150 valence electrons. The fraction of sp³-hybridized carbons (Fsp3) is 0.125. The first-order valence-corrected chi connectivity index (χ1v) is 9.27. The Morgan fingerprint density at radius 2 is 2.17 bits per heavy atom. The molecule has 2 aromatic heterocycles. The monoisotopic (exact) mass is 399 g/mol. The number of carbonyl (C=O) groups excluding carboxylic acids is 1. The maximum atomic E-state index is 13.6. The first kappa shape index (κ1) is 20.6. The predicted molar refractivity (Wildman–Crippen MR) is 114 cm³/mol. The van der Waals surface area contributed by atoms with Crippen LogP contribution in [0, 0.1) is 11.3 Å². The average molecular weight is 399 g/mol. The minimum absolute atomic E-state index is 0.200. The van der Waals surface area contributed by atoms with Gasteiger partial charge in [-0.3, -0.25) is 4.79 Å². The van der Waals surface area contributed by atoms with Gasteiger partial charge in [-0.25, -0.2) is 4.98 Å². The summed E-state index contributed by atoms with van der Waals surface area (Å²) in [6.45, 7) is 5.64. The van der Waals surface area contributed by atoms with Crippen LogP contribution in [-0.4, -0.2) is 17.9 Å². The Morgan fingerprint density at radius 1 is 1.33 bits per heavy atom. The number of nitrogens with zero attached hydrogens (tertiary/aromatic N) is 2. The number of furan rings is 1. The Hall–Kier alpha value is -4.11. The van der Waals surface area contributed by atoms with E-state index in [1.165, 1.54) is 19.6 Å². The van der Waals surface area contributed by atoms with Crippen molar-refractivity contribution in [2.45, 2.75) is 13.0 Å². The summed E-state index contributed by atoms with van der Waals surface area (Å²) in [4.78, 5) is 17.8. The van der Waals surface area contributed by atoms with E-state index in [1.807, 2.05) is 19.1 Å². The number of nitriles is 1. The van der Waals surface area contributed by atoms with Gasteiger partial charge in [0, 0.05) is 29.1 Å². The van der Waals surface area contributed by atoms with Gasteiger partial charge in [-0.05, 0) is 36.8 Å². The molecule has 6 nitrogen and oxygen atoms in total. The maximum absolute atomic E-state index is 13.6. The van der Waals surface area contributed by atoms with E-state index in [0.29, 0.717) is 33.8 Å². The number of carbonyl (C=O) groups is 1. The summed E-state index contributed by atoms with van der Waals surface area (Å²) in [5.74, 6) is 0.256. The Kier molecular flexibility index (Phi) is 6.46. The van der Waals surface area contributed by atoms with Crippen molar-refractivity contribution in [3.05, 3.63) is 96.2 Å². The van der Waals surface area contributed by atoms with Crippen LogP contribution in [0.2, 0.25) is 0 Å². The first-order chi connectivity index (χ1) is 14.6. The van der Waals surface area contributed by atoms with E-state index in [9.17, 15) is 10.1 Å². The van der Waals surface area contributed by atoms with Crippen molar-refractivity contribution in [3.63, 3.8) is 0 Å². The van der Waals surface area contributed by atoms with Gasteiger partial charge >= 0.3 is 0 Å². The number of aromatic nitrogens is 1. The average Bonchev–Trinajstić information content (AvgIpc) is 3.30. The van der Waals surface area contributed by atoms with Crippen LogP contribution >= 0.6 is 0 Å². The number of nitrogens with one attached hydrogen (secondary N) is 1. The Bertz CT molecular complexity index is 1120. The SMILES string of the molecule is C=C/C(=C\C)NC(C(=O)c1cocc1-c1cccc(C#N)c1)c1ccc(OC)nc1. The van der Waals surface area contributed by atoms with E-state index in [2.05, 4.69) is 22.9 Å². The molecular weight excluding hydrogens is 378 g/mol. The molecular formula is C24H21N3O3. The van der Waals surface area contributed by atoms with Gasteiger partial charge in [0.15, 0.2) is 5.78 Å². The standard InChI is InChI=1S/C24H21N3O3/c1-4-19(5-2)27-23(18-9-10-22(29-3)26-13-18)24(28)21-15-30-14-20(21)17-8-6-7-16(11-17)12-25/h4-11,13-15,23,27H,1H2,2-3H3/b19-5+. The van der Waals surface area contributed by atoms with Crippen molar-refractivity contribution in [3.8, 4) is 23.1 Å². The highest BCUT2D eigenvalue weighted by molar-refractivity contribution is 6.05. The molecule has 0 bridgehead atoms. The van der Waals surface area contributed by atoms with E-state index >= 15 is 0 Å². The molecule has 1 unspecified atom stereocenters. The van der Waals surface area contributed by atoms with Crippen LogP contribution in [0.15, 0.2) is 84.0 Å². The molecule has 0 fully saturated rings. The van der Waals surface area contributed by atoms with E-state index in [1.54, 1.807) is 42.6 Å². The molecule has 0 saturated heterocycles. The fourth-order valence-electron chi connectivity index (χ4n) is 3.03. The van der Waals surface area contributed by atoms with Gasteiger partial charge < -0.3 is 14.5 Å². The zero-order chi connectivity index (χ0) is 21.5. The number of methoxy groups -OCH3 is 1. The van der Waals surface area contributed by atoms with Gasteiger partial charge in [0.05, 0.1) is 30.6 Å². The van der Waals surface area contributed by atoms with E-state index in [0.717, 1.165) is 5.56 Å². The summed E-state index contributed by atoms with van der Waals surface area (Å²) < 4.78 is 10.5. The van der Waals surface area contributed by atoms with Gasteiger partial charge in [-0.1, -0.05) is 24.8 Å². The van der Waals surface area contributed by atoms with E-state index in [-0.39, 0.29) is 5.78 Å². The van der Waals surface area contributed by atoms with E-state index < -0.39 is 6.04 Å². The molecule has 0 aliphatic heterocycles. The minimum Gasteiger partial charge on any atom is -0.481 e. The van der Waals surface area contributed by atoms with Crippen molar-refractivity contribution < 1.29 is 13.9 Å². The molecule has 0 amide bonds. The van der Waals surface area contributed by atoms with Crippen molar-refractivity contribution in [1.82, 2.24) is 10.3 Å². The number of Topliss-reactive ketones (excluding diaryl/α,β-unsaturated/α-hetero) is 1. The molecule has 3 aromatic rings. The summed E-state index contributed by atoms with van der Waals surface area (Å²) in [5.41, 5.74) is 3.63. The number of ether oxygens (including phenoxy) is 1. The molecule has 6 heteroatoms. The second-order valence-corrected chi connectivity index (χ2v) is 6.42.